The summed E-state index contributed by atoms with van der Waals surface area (Å²) in [6.07, 6.45) is 1.52. The first-order chi connectivity index (χ1) is 8.92. The number of carbonyl (C=O) groups is 1. The predicted octanol–water partition coefficient (Wildman–Crippen LogP) is 1.68. The van der Waals surface area contributed by atoms with E-state index in [0.717, 1.165) is 25.1 Å². The molecule has 1 aromatic heterocycles. The van der Waals surface area contributed by atoms with Gasteiger partial charge < -0.3 is 15.4 Å². The first-order valence-electron chi connectivity index (χ1n) is 6.41. The van der Waals surface area contributed by atoms with Gasteiger partial charge in [0.25, 0.3) is 0 Å². The molecule has 1 saturated carbocycles. The molecule has 1 amide bonds. The van der Waals surface area contributed by atoms with E-state index in [1.165, 1.54) is 11.5 Å². The van der Waals surface area contributed by atoms with Crippen LogP contribution in [0.5, 0.6) is 0 Å². The van der Waals surface area contributed by atoms with Crippen LogP contribution in [-0.2, 0) is 11.3 Å². The van der Waals surface area contributed by atoms with Crippen molar-refractivity contribution in [2.45, 2.75) is 57.8 Å². The van der Waals surface area contributed by atoms with Crippen LogP contribution >= 0.6 is 11.5 Å². The second-order valence-corrected chi connectivity index (χ2v) is 6.40. The number of hydrogen-bond donors (Lipinski definition) is 2. The number of nitrogens with zero attached hydrogens (tertiary/aromatic N) is 2. The van der Waals surface area contributed by atoms with Gasteiger partial charge in [-0.1, -0.05) is 4.49 Å². The summed E-state index contributed by atoms with van der Waals surface area (Å²) in [4.78, 5) is 11.5. The van der Waals surface area contributed by atoms with Crippen molar-refractivity contribution >= 4 is 17.6 Å². The number of hydrogen-bond acceptors (Lipinski definition) is 6. The Balaban J connectivity index is 1.60. The Bertz CT molecular complexity index is 410. The van der Waals surface area contributed by atoms with Crippen LogP contribution in [0.25, 0.3) is 0 Å². The first kappa shape index (κ1) is 14.2. The Morgan fingerprint density at radius 3 is 2.79 bits per heavy atom. The molecule has 1 fully saturated rings. The highest BCUT2D eigenvalue weighted by Crippen LogP contribution is 2.21. The van der Waals surface area contributed by atoms with Crippen LogP contribution in [0.1, 0.15) is 39.3 Å². The maximum Gasteiger partial charge on any atom is 0.407 e. The van der Waals surface area contributed by atoms with Crippen LogP contribution in [0, 0.1) is 0 Å². The average molecular weight is 284 g/mol. The Morgan fingerprint density at radius 1 is 1.47 bits per heavy atom. The largest absolute Gasteiger partial charge is 0.444 e. The molecule has 0 unspecified atom stereocenters. The molecule has 0 atom stereocenters. The number of alkyl carbamates (subject to hydrolysis) is 1. The molecule has 1 aliphatic carbocycles. The molecule has 6 nitrogen and oxygen atoms in total. The van der Waals surface area contributed by atoms with E-state index in [2.05, 4.69) is 20.2 Å². The monoisotopic (exact) mass is 284 g/mol. The molecule has 1 aromatic rings. The SMILES string of the molecule is CC(C)(C)OC(=O)NC1CC(NCc2csnn2)C1. The van der Waals surface area contributed by atoms with Gasteiger partial charge in [-0.15, -0.1) is 5.10 Å². The fraction of sp³-hybridized carbons (Fsp3) is 0.750. The molecule has 0 aliphatic heterocycles. The Hall–Kier alpha value is -1.21. The van der Waals surface area contributed by atoms with Gasteiger partial charge in [0.1, 0.15) is 5.60 Å². The minimum absolute atomic E-state index is 0.209. The van der Waals surface area contributed by atoms with Crippen molar-refractivity contribution in [3.8, 4) is 0 Å². The van der Waals surface area contributed by atoms with Gasteiger partial charge >= 0.3 is 6.09 Å². The maximum atomic E-state index is 11.5. The van der Waals surface area contributed by atoms with Crippen LogP contribution in [0.4, 0.5) is 4.79 Å². The van der Waals surface area contributed by atoms with Gasteiger partial charge in [0.05, 0.1) is 5.69 Å². The summed E-state index contributed by atoms with van der Waals surface area (Å²) in [6.45, 7) is 6.32. The van der Waals surface area contributed by atoms with Gasteiger partial charge in [-0.25, -0.2) is 4.79 Å². The highest BCUT2D eigenvalue weighted by molar-refractivity contribution is 7.03. The molecule has 106 valence electrons. The topological polar surface area (TPSA) is 76.1 Å². The summed E-state index contributed by atoms with van der Waals surface area (Å²) >= 11 is 1.36. The number of carbonyl (C=O) groups excluding carboxylic acids is 1. The second-order valence-electron chi connectivity index (χ2n) is 5.79. The van der Waals surface area contributed by atoms with Crippen molar-refractivity contribution in [1.29, 1.82) is 0 Å². The van der Waals surface area contributed by atoms with Crippen molar-refractivity contribution in [2.24, 2.45) is 0 Å². The lowest BCUT2D eigenvalue weighted by Crippen LogP contribution is -2.53. The number of rotatable bonds is 4. The molecule has 0 aromatic carbocycles. The van der Waals surface area contributed by atoms with Crippen molar-refractivity contribution in [3.63, 3.8) is 0 Å². The lowest BCUT2D eigenvalue weighted by atomic mass is 9.87. The molecule has 7 heteroatoms. The molecule has 19 heavy (non-hydrogen) atoms. The zero-order valence-electron chi connectivity index (χ0n) is 11.5. The number of ether oxygens (including phenoxy) is 1. The van der Waals surface area contributed by atoms with Crippen LogP contribution in [0.15, 0.2) is 5.38 Å². The second kappa shape index (κ2) is 5.83. The summed E-state index contributed by atoms with van der Waals surface area (Å²) in [5.41, 5.74) is 0.525. The van der Waals surface area contributed by atoms with E-state index in [1.807, 2.05) is 26.2 Å². The van der Waals surface area contributed by atoms with E-state index in [0.29, 0.717) is 6.04 Å². The Kier molecular flexibility index (Phi) is 4.36. The summed E-state index contributed by atoms with van der Waals surface area (Å²) in [5.74, 6) is 0. The number of amides is 1. The third-order valence-electron chi connectivity index (χ3n) is 2.84. The highest BCUT2D eigenvalue weighted by Gasteiger charge is 2.31. The number of aromatic nitrogens is 2. The van der Waals surface area contributed by atoms with Gasteiger partial charge in [-0.05, 0) is 45.1 Å². The Morgan fingerprint density at radius 2 is 2.21 bits per heavy atom. The van der Waals surface area contributed by atoms with Crippen LogP contribution in [0.2, 0.25) is 0 Å². The molecule has 0 saturated heterocycles. The molecule has 2 N–H and O–H groups in total. The van der Waals surface area contributed by atoms with E-state index in [4.69, 9.17) is 4.74 Å². The van der Waals surface area contributed by atoms with E-state index in [9.17, 15) is 4.79 Å². The van der Waals surface area contributed by atoms with Crippen LogP contribution in [-0.4, -0.2) is 33.4 Å². The van der Waals surface area contributed by atoms with Crippen molar-refractivity contribution in [3.05, 3.63) is 11.1 Å². The van der Waals surface area contributed by atoms with Gasteiger partial charge in [0.2, 0.25) is 0 Å². The lowest BCUT2D eigenvalue weighted by Gasteiger charge is -2.36. The lowest BCUT2D eigenvalue weighted by molar-refractivity contribution is 0.0465. The third-order valence-corrected chi connectivity index (χ3v) is 3.39. The summed E-state index contributed by atoms with van der Waals surface area (Å²) in [6, 6.07) is 0.641. The third kappa shape index (κ3) is 4.76. The summed E-state index contributed by atoms with van der Waals surface area (Å²) < 4.78 is 9.02. The summed E-state index contributed by atoms with van der Waals surface area (Å²) in [5, 5.41) is 12.2. The molecule has 1 heterocycles. The Labute approximate surface area is 117 Å². The van der Waals surface area contributed by atoms with Crippen LogP contribution in [0.3, 0.4) is 0 Å². The van der Waals surface area contributed by atoms with E-state index in [-0.39, 0.29) is 12.1 Å². The minimum Gasteiger partial charge on any atom is -0.444 e. The fourth-order valence-electron chi connectivity index (χ4n) is 1.89. The van der Waals surface area contributed by atoms with Crippen LogP contribution < -0.4 is 10.6 Å². The van der Waals surface area contributed by atoms with Gasteiger partial charge in [-0.3, -0.25) is 0 Å². The first-order valence-corrected chi connectivity index (χ1v) is 7.25. The van der Waals surface area contributed by atoms with Crippen molar-refractivity contribution in [1.82, 2.24) is 20.2 Å². The molecule has 0 spiro atoms. The quantitative estimate of drug-likeness (QED) is 0.880. The van der Waals surface area contributed by atoms with Crippen molar-refractivity contribution in [2.75, 3.05) is 0 Å². The minimum atomic E-state index is -0.441. The van der Waals surface area contributed by atoms with Gasteiger partial charge in [-0.2, -0.15) is 0 Å². The predicted molar refractivity (Wildman–Crippen MR) is 72.9 cm³/mol. The number of nitrogens with one attached hydrogen (secondary N) is 2. The normalized spacial score (nSPS) is 22.7. The molecular weight excluding hydrogens is 264 g/mol. The van der Waals surface area contributed by atoms with Gasteiger partial charge in [0.15, 0.2) is 0 Å². The van der Waals surface area contributed by atoms with Crippen molar-refractivity contribution < 1.29 is 9.53 Å². The molecule has 0 bridgehead atoms. The standard InChI is InChI=1S/C12H20N4O2S/c1-12(2,3)18-11(17)14-9-4-8(5-9)13-6-10-7-19-16-15-10/h7-9,13H,4-6H2,1-3H3,(H,14,17). The van der Waals surface area contributed by atoms with E-state index in [1.54, 1.807) is 0 Å². The molecular formula is C12H20N4O2S. The zero-order chi connectivity index (χ0) is 13.9. The molecule has 0 radical (unpaired) electrons. The zero-order valence-corrected chi connectivity index (χ0v) is 12.3. The fourth-order valence-corrected chi connectivity index (χ4v) is 2.34. The maximum absolute atomic E-state index is 11.5. The molecule has 2 rings (SSSR count). The smallest absolute Gasteiger partial charge is 0.407 e. The average Bonchev–Trinajstić information content (AvgIpc) is 2.71. The van der Waals surface area contributed by atoms with E-state index < -0.39 is 5.60 Å². The highest BCUT2D eigenvalue weighted by atomic mass is 32.1. The van der Waals surface area contributed by atoms with Gasteiger partial charge in [0, 0.05) is 24.0 Å². The van der Waals surface area contributed by atoms with E-state index >= 15 is 0 Å². The summed E-state index contributed by atoms with van der Waals surface area (Å²) in [7, 11) is 0. The molecule has 1 aliphatic rings.